The molecule has 0 aromatic carbocycles. The Morgan fingerprint density at radius 3 is 1.67 bits per heavy atom. The molecule has 3 fully saturated rings. The van der Waals surface area contributed by atoms with E-state index in [0.717, 1.165) is 41.4 Å². The van der Waals surface area contributed by atoms with Crippen LogP contribution in [0.4, 0.5) is 0 Å². The molecule has 3 saturated carbocycles. The van der Waals surface area contributed by atoms with Crippen LogP contribution in [-0.4, -0.2) is 11.7 Å². The fourth-order valence-corrected chi connectivity index (χ4v) is 7.35. The highest BCUT2D eigenvalue weighted by atomic mass is 16.3. The molecule has 0 amide bonds. The smallest absolute Gasteiger partial charge is 0.0459 e. The second-order valence-corrected chi connectivity index (χ2v) is 10.9. The fraction of sp³-hybridized carbons (Fsp3) is 1.00. The molecule has 0 heterocycles. The third-order valence-electron chi connectivity index (χ3n) is 9.28. The van der Waals surface area contributed by atoms with E-state index < -0.39 is 0 Å². The lowest BCUT2D eigenvalue weighted by Gasteiger charge is -2.46. The third kappa shape index (κ3) is 5.74. The summed E-state index contributed by atoms with van der Waals surface area (Å²) in [6, 6.07) is 0. The lowest BCUT2D eigenvalue weighted by molar-refractivity contribution is 0.0283. The molecule has 6 unspecified atom stereocenters. The van der Waals surface area contributed by atoms with Gasteiger partial charge < -0.3 is 5.11 Å². The van der Waals surface area contributed by atoms with E-state index in [4.69, 9.17) is 0 Å². The van der Waals surface area contributed by atoms with Crippen molar-refractivity contribution in [3.05, 3.63) is 0 Å². The minimum Gasteiger partial charge on any atom is -0.396 e. The highest BCUT2D eigenvalue weighted by molar-refractivity contribution is 4.90. The van der Waals surface area contributed by atoms with Crippen LogP contribution in [0.1, 0.15) is 111 Å². The van der Waals surface area contributed by atoms with Gasteiger partial charge in [-0.2, -0.15) is 0 Å². The van der Waals surface area contributed by atoms with E-state index >= 15 is 0 Å². The van der Waals surface area contributed by atoms with Crippen molar-refractivity contribution in [1.29, 1.82) is 0 Å². The second kappa shape index (κ2) is 10.7. The summed E-state index contributed by atoms with van der Waals surface area (Å²) in [5.41, 5.74) is 0. The Kier molecular flexibility index (Phi) is 8.55. The Bertz CT molecular complexity index is 410. The Hall–Kier alpha value is -0.0400. The lowest BCUT2D eigenvalue weighted by Crippen LogP contribution is -2.37. The standard InChI is InChI=1S/C26H48O/c1-4-23-16-21(11-10-20-8-6-19(3)7-9-20)12-14-25(23)26-15-13-22(18-27)17-24(26)5-2/h19-27H,4-18H2,1-3H3. The molecule has 1 N–H and O–H groups in total. The number of aliphatic hydroxyl groups is 1. The molecule has 0 aromatic rings. The summed E-state index contributed by atoms with van der Waals surface area (Å²) in [6.07, 6.45) is 20.3. The van der Waals surface area contributed by atoms with Crippen LogP contribution in [0.3, 0.4) is 0 Å². The summed E-state index contributed by atoms with van der Waals surface area (Å²) in [6.45, 7) is 7.73. The summed E-state index contributed by atoms with van der Waals surface area (Å²) in [4.78, 5) is 0. The first kappa shape index (κ1) is 21.7. The van der Waals surface area contributed by atoms with Crippen LogP contribution in [0.15, 0.2) is 0 Å². The molecule has 158 valence electrons. The SMILES string of the molecule is CCC1CC(CO)CCC1C1CCC(CCC2CCC(C)CC2)CC1CC. The average Bonchev–Trinajstić information content (AvgIpc) is 2.72. The first-order valence-corrected chi connectivity index (χ1v) is 12.7. The summed E-state index contributed by atoms with van der Waals surface area (Å²) < 4.78 is 0. The van der Waals surface area contributed by atoms with Crippen molar-refractivity contribution in [2.45, 2.75) is 111 Å². The summed E-state index contributed by atoms with van der Waals surface area (Å²) in [5.74, 6) is 7.50. The van der Waals surface area contributed by atoms with Crippen molar-refractivity contribution >= 4 is 0 Å². The van der Waals surface area contributed by atoms with E-state index in [0.29, 0.717) is 12.5 Å². The first-order chi connectivity index (χ1) is 13.1. The van der Waals surface area contributed by atoms with Crippen molar-refractivity contribution in [2.75, 3.05) is 6.61 Å². The topological polar surface area (TPSA) is 20.2 Å². The summed E-state index contributed by atoms with van der Waals surface area (Å²) in [7, 11) is 0. The van der Waals surface area contributed by atoms with Gasteiger partial charge in [0.25, 0.3) is 0 Å². The summed E-state index contributed by atoms with van der Waals surface area (Å²) >= 11 is 0. The molecule has 1 nitrogen and oxygen atoms in total. The van der Waals surface area contributed by atoms with Gasteiger partial charge in [0.15, 0.2) is 0 Å². The molecule has 3 aliphatic rings. The Labute approximate surface area is 170 Å². The zero-order valence-electron chi connectivity index (χ0n) is 18.7. The van der Waals surface area contributed by atoms with Crippen LogP contribution < -0.4 is 0 Å². The van der Waals surface area contributed by atoms with E-state index in [2.05, 4.69) is 20.8 Å². The van der Waals surface area contributed by atoms with Gasteiger partial charge >= 0.3 is 0 Å². The lowest BCUT2D eigenvalue weighted by atomic mass is 9.59. The molecule has 0 saturated heterocycles. The van der Waals surface area contributed by atoms with Crippen LogP contribution in [0.2, 0.25) is 0 Å². The van der Waals surface area contributed by atoms with Gasteiger partial charge in [0.1, 0.15) is 0 Å². The molecule has 0 spiro atoms. The van der Waals surface area contributed by atoms with Gasteiger partial charge in [-0.05, 0) is 79.4 Å². The normalized spacial score (nSPS) is 43.6. The number of rotatable bonds is 7. The van der Waals surface area contributed by atoms with E-state index in [1.54, 1.807) is 0 Å². The maximum Gasteiger partial charge on any atom is 0.0459 e. The van der Waals surface area contributed by atoms with Crippen molar-refractivity contribution in [3.63, 3.8) is 0 Å². The second-order valence-electron chi connectivity index (χ2n) is 10.9. The van der Waals surface area contributed by atoms with E-state index in [1.165, 1.54) is 89.9 Å². The summed E-state index contributed by atoms with van der Waals surface area (Å²) in [5, 5.41) is 9.61. The van der Waals surface area contributed by atoms with Crippen molar-refractivity contribution < 1.29 is 5.11 Å². The van der Waals surface area contributed by atoms with Gasteiger partial charge in [0.2, 0.25) is 0 Å². The fourth-order valence-electron chi connectivity index (χ4n) is 7.35. The molecule has 27 heavy (non-hydrogen) atoms. The van der Waals surface area contributed by atoms with Gasteiger partial charge in [-0.25, -0.2) is 0 Å². The molecule has 6 atom stereocenters. The molecule has 3 rings (SSSR count). The van der Waals surface area contributed by atoms with Crippen LogP contribution in [0.5, 0.6) is 0 Å². The van der Waals surface area contributed by atoms with E-state index in [-0.39, 0.29) is 0 Å². The predicted molar refractivity (Wildman–Crippen MR) is 117 cm³/mol. The van der Waals surface area contributed by atoms with Gasteiger partial charge in [-0.1, -0.05) is 78.6 Å². The molecule has 0 aromatic heterocycles. The zero-order chi connectivity index (χ0) is 19.2. The van der Waals surface area contributed by atoms with Crippen LogP contribution in [-0.2, 0) is 0 Å². The first-order valence-electron chi connectivity index (χ1n) is 12.7. The van der Waals surface area contributed by atoms with Gasteiger partial charge in [0, 0.05) is 6.61 Å². The largest absolute Gasteiger partial charge is 0.396 e. The zero-order valence-corrected chi connectivity index (χ0v) is 18.7. The average molecular weight is 377 g/mol. The highest BCUT2D eigenvalue weighted by Gasteiger charge is 2.40. The Morgan fingerprint density at radius 1 is 0.630 bits per heavy atom. The molecule has 0 bridgehead atoms. The molecular weight excluding hydrogens is 328 g/mol. The van der Waals surface area contributed by atoms with Gasteiger partial charge in [0.05, 0.1) is 0 Å². The van der Waals surface area contributed by atoms with Crippen molar-refractivity contribution in [3.8, 4) is 0 Å². The predicted octanol–water partition coefficient (Wildman–Crippen LogP) is 7.47. The Balaban J connectivity index is 1.49. The van der Waals surface area contributed by atoms with E-state index in [9.17, 15) is 5.11 Å². The molecule has 1 heteroatoms. The molecular formula is C26H48O. The van der Waals surface area contributed by atoms with Crippen molar-refractivity contribution in [1.82, 2.24) is 0 Å². The maximum atomic E-state index is 9.61. The van der Waals surface area contributed by atoms with Crippen molar-refractivity contribution in [2.24, 2.45) is 47.3 Å². The highest BCUT2D eigenvalue weighted by Crippen LogP contribution is 2.49. The van der Waals surface area contributed by atoms with Gasteiger partial charge in [-0.3, -0.25) is 0 Å². The minimum absolute atomic E-state index is 0.424. The molecule has 0 radical (unpaired) electrons. The van der Waals surface area contributed by atoms with Crippen LogP contribution >= 0.6 is 0 Å². The Morgan fingerprint density at radius 2 is 1.11 bits per heavy atom. The molecule has 3 aliphatic carbocycles. The number of hydrogen-bond acceptors (Lipinski definition) is 1. The third-order valence-corrected chi connectivity index (χ3v) is 9.28. The number of hydrogen-bond donors (Lipinski definition) is 1. The number of aliphatic hydroxyl groups excluding tert-OH is 1. The van der Waals surface area contributed by atoms with Crippen LogP contribution in [0.25, 0.3) is 0 Å². The maximum absolute atomic E-state index is 9.61. The molecule has 0 aliphatic heterocycles. The monoisotopic (exact) mass is 376 g/mol. The van der Waals surface area contributed by atoms with E-state index in [1.807, 2.05) is 0 Å². The quantitative estimate of drug-likeness (QED) is 0.488. The minimum atomic E-state index is 0.424. The van der Waals surface area contributed by atoms with Crippen LogP contribution in [0, 0.1) is 47.3 Å². The van der Waals surface area contributed by atoms with Gasteiger partial charge in [-0.15, -0.1) is 0 Å².